The third-order valence-electron chi connectivity index (χ3n) is 3.20. The van der Waals surface area contributed by atoms with Crippen LogP contribution >= 0.6 is 0 Å². The van der Waals surface area contributed by atoms with Gasteiger partial charge < -0.3 is 0 Å². The first kappa shape index (κ1) is 15.1. The number of hydrogen-bond acceptors (Lipinski definition) is 4. The van der Waals surface area contributed by atoms with Crippen LogP contribution in [-0.4, -0.2) is 18.2 Å². The van der Waals surface area contributed by atoms with Crippen molar-refractivity contribution in [2.75, 3.05) is 4.72 Å². The van der Waals surface area contributed by atoms with E-state index in [0.29, 0.717) is 23.5 Å². The van der Waals surface area contributed by atoms with Crippen molar-refractivity contribution in [3.05, 3.63) is 41.2 Å². The molecule has 2 rings (SSSR count). The molecule has 0 aliphatic heterocycles. The van der Waals surface area contributed by atoms with Gasteiger partial charge in [-0.15, -0.1) is 0 Å². The molecule has 0 radical (unpaired) electrons. The van der Waals surface area contributed by atoms with Crippen LogP contribution in [0.15, 0.2) is 29.2 Å². The summed E-state index contributed by atoms with van der Waals surface area (Å²) in [6.07, 6.45) is 0.299. The molecule has 0 fully saturated rings. The normalized spacial score (nSPS) is 11.1. The van der Waals surface area contributed by atoms with Gasteiger partial charge in [-0.25, -0.2) is 8.42 Å². The van der Waals surface area contributed by atoms with Gasteiger partial charge in [0.05, 0.1) is 23.9 Å². The lowest BCUT2D eigenvalue weighted by Gasteiger charge is -2.08. The van der Waals surface area contributed by atoms with E-state index in [1.807, 2.05) is 6.07 Å². The van der Waals surface area contributed by atoms with Gasteiger partial charge in [-0.1, -0.05) is 12.1 Å². The monoisotopic (exact) mass is 304 g/mol. The van der Waals surface area contributed by atoms with E-state index in [4.69, 9.17) is 5.26 Å². The molecular formula is C14H16N4O2S. The van der Waals surface area contributed by atoms with Crippen LogP contribution in [-0.2, 0) is 23.5 Å². The van der Waals surface area contributed by atoms with E-state index in [-0.39, 0.29) is 4.90 Å². The first-order valence-corrected chi connectivity index (χ1v) is 7.82. The number of benzene rings is 1. The van der Waals surface area contributed by atoms with Crippen LogP contribution in [0.4, 0.5) is 5.69 Å². The van der Waals surface area contributed by atoms with Crippen LogP contribution in [0.1, 0.15) is 17.0 Å². The third-order valence-corrected chi connectivity index (χ3v) is 4.83. The number of nitrogens with zero attached hydrogens (tertiary/aromatic N) is 3. The Morgan fingerprint density at radius 2 is 1.90 bits per heavy atom. The zero-order valence-electron chi connectivity index (χ0n) is 12.1. The second kappa shape index (κ2) is 5.58. The topological polar surface area (TPSA) is 87.8 Å². The Morgan fingerprint density at radius 3 is 2.38 bits per heavy atom. The van der Waals surface area contributed by atoms with Gasteiger partial charge in [0, 0.05) is 12.7 Å². The molecule has 2 aromatic rings. The number of rotatable bonds is 4. The minimum absolute atomic E-state index is 0.200. The predicted molar refractivity (Wildman–Crippen MR) is 79.2 cm³/mol. The van der Waals surface area contributed by atoms with Crippen molar-refractivity contribution in [3.63, 3.8) is 0 Å². The van der Waals surface area contributed by atoms with E-state index in [1.54, 1.807) is 49.8 Å². The quantitative estimate of drug-likeness (QED) is 0.934. The summed E-state index contributed by atoms with van der Waals surface area (Å²) in [7, 11) is -1.97. The second-order valence-corrected chi connectivity index (χ2v) is 6.38. The molecule has 1 N–H and O–H groups in total. The first-order valence-electron chi connectivity index (χ1n) is 6.34. The molecule has 6 nitrogen and oxygen atoms in total. The van der Waals surface area contributed by atoms with Gasteiger partial charge in [0.25, 0.3) is 10.0 Å². The summed E-state index contributed by atoms with van der Waals surface area (Å²) in [5.74, 6) is 0. The molecule has 1 heterocycles. The summed E-state index contributed by atoms with van der Waals surface area (Å²) >= 11 is 0. The van der Waals surface area contributed by atoms with Crippen molar-refractivity contribution in [3.8, 4) is 6.07 Å². The van der Waals surface area contributed by atoms with Crippen LogP contribution in [0.25, 0.3) is 0 Å². The fourth-order valence-electron chi connectivity index (χ4n) is 2.13. The van der Waals surface area contributed by atoms with Gasteiger partial charge in [-0.05, 0) is 31.5 Å². The number of nitriles is 1. The first-order chi connectivity index (χ1) is 9.85. The SMILES string of the molecule is Cc1nn(C)c(C)c1S(=O)(=O)Nc1ccc(CC#N)cc1. The maximum atomic E-state index is 12.5. The molecule has 0 aliphatic carbocycles. The second-order valence-electron chi connectivity index (χ2n) is 4.76. The highest BCUT2D eigenvalue weighted by molar-refractivity contribution is 7.92. The van der Waals surface area contributed by atoms with Gasteiger partial charge in [0.15, 0.2) is 0 Å². The van der Waals surface area contributed by atoms with Crippen molar-refractivity contribution in [1.29, 1.82) is 5.26 Å². The smallest absolute Gasteiger partial charge is 0.265 e. The Labute approximate surface area is 124 Å². The maximum absolute atomic E-state index is 12.5. The summed E-state index contributed by atoms with van der Waals surface area (Å²) < 4.78 is 29.0. The van der Waals surface area contributed by atoms with Gasteiger partial charge in [-0.2, -0.15) is 10.4 Å². The molecule has 0 aliphatic rings. The molecule has 0 atom stereocenters. The Balaban J connectivity index is 2.31. The van der Waals surface area contributed by atoms with E-state index in [1.165, 1.54) is 0 Å². The zero-order valence-corrected chi connectivity index (χ0v) is 12.9. The molecule has 0 bridgehead atoms. The Bertz CT molecular complexity index is 799. The van der Waals surface area contributed by atoms with Crippen molar-refractivity contribution in [2.24, 2.45) is 7.05 Å². The van der Waals surface area contributed by atoms with Crippen molar-refractivity contribution in [2.45, 2.75) is 25.2 Å². The van der Waals surface area contributed by atoms with Crippen molar-refractivity contribution in [1.82, 2.24) is 9.78 Å². The summed E-state index contributed by atoms with van der Waals surface area (Å²) in [5, 5.41) is 12.7. The molecule has 0 saturated heterocycles. The highest BCUT2D eigenvalue weighted by Gasteiger charge is 2.23. The number of aryl methyl sites for hydroxylation is 2. The summed E-state index contributed by atoms with van der Waals surface area (Å²) in [5.41, 5.74) is 2.35. The Kier molecular flexibility index (Phi) is 4.00. The summed E-state index contributed by atoms with van der Waals surface area (Å²) in [6, 6.07) is 8.79. The average molecular weight is 304 g/mol. The zero-order chi connectivity index (χ0) is 15.6. The highest BCUT2D eigenvalue weighted by atomic mass is 32.2. The summed E-state index contributed by atoms with van der Waals surface area (Å²) in [4.78, 5) is 0.200. The lowest BCUT2D eigenvalue weighted by Crippen LogP contribution is -2.14. The number of nitrogens with one attached hydrogen (secondary N) is 1. The Hall–Kier alpha value is -2.33. The molecule has 0 saturated carbocycles. The van der Waals surface area contributed by atoms with E-state index < -0.39 is 10.0 Å². The lowest BCUT2D eigenvalue weighted by molar-refractivity contribution is 0.599. The highest BCUT2D eigenvalue weighted by Crippen LogP contribution is 2.22. The fraction of sp³-hybridized carbons (Fsp3) is 0.286. The molecule has 110 valence electrons. The molecule has 0 amide bonds. The molecular weight excluding hydrogens is 288 g/mol. The molecule has 0 spiro atoms. The van der Waals surface area contributed by atoms with Crippen LogP contribution in [0.2, 0.25) is 0 Å². The number of hydrogen-bond donors (Lipinski definition) is 1. The number of sulfonamides is 1. The molecule has 21 heavy (non-hydrogen) atoms. The Morgan fingerprint density at radius 1 is 1.29 bits per heavy atom. The van der Waals surface area contributed by atoms with Crippen LogP contribution in [0.5, 0.6) is 0 Å². The molecule has 7 heteroatoms. The summed E-state index contributed by atoms with van der Waals surface area (Å²) in [6.45, 7) is 3.38. The molecule has 0 unspecified atom stereocenters. The number of anilines is 1. The van der Waals surface area contributed by atoms with Gasteiger partial charge in [0.1, 0.15) is 4.90 Å². The van der Waals surface area contributed by atoms with Crippen molar-refractivity contribution < 1.29 is 8.42 Å². The largest absolute Gasteiger partial charge is 0.280 e. The van der Waals surface area contributed by atoms with Gasteiger partial charge in [-0.3, -0.25) is 9.40 Å². The van der Waals surface area contributed by atoms with Crippen LogP contribution < -0.4 is 4.72 Å². The molecule has 1 aromatic carbocycles. The third kappa shape index (κ3) is 3.06. The van der Waals surface area contributed by atoms with Crippen LogP contribution in [0, 0.1) is 25.2 Å². The van der Waals surface area contributed by atoms with E-state index in [2.05, 4.69) is 9.82 Å². The van der Waals surface area contributed by atoms with E-state index in [9.17, 15) is 8.42 Å². The lowest BCUT2D eigenvalue weighted by atomic mass is 10.1. The van der Waals surface area contributed by atoms with Crippen LogP contribution in [0.3, 0.4) is 0 Å². The standard InChI is InChI=1S/C14H16N4O2S/c1-10-14(11(2)18(3)16-10)21(19,20)17-13-6-4-12(5-7-13)8-9-15/h4-7,17H,8H2,1-3H3. The minimum Gasteiger partial charge on any atom is -0.280 e. The van der Waals surface area contributed by atoms with Gasteiger partial charge >= 0.3 is 0 Å². The minimum atomic E-state index is -3.68. The fourth-order valence-corrected chi connectivity index (χ4v) is 3.63. The number of aromatic nitrogens is 2. The van der Waals surface area contributed by atoms with Gasteiger partial charge in [0.2, 0.25) is 0 Å². The van der Waals surface area contributed by atoms with E-state index in [0.717, 1.165) is 5.56 Å². The maximum Gasteiger partial charge on any atom is 0.265 e. The predicted octanol–water partition coefficient (Wildman–Crippen LogP) is 1.90. The molecule has 1 aromatic heterocycles. The van der Waals surface area contributed by atoms with Crippen molar-refractivity contribution >= 4 is 15.7 Å². The van der Waals surface area contributed by atoms with E-state index >= 15 is 0 Å². The average Bonchev–Trinajstić information content (AvgIpc) is 2.66.